The second kappa shape index (κ2) is 8.45. The molecule has 0 atom stereocenters. The molecule has 29 heavy (non-hydrogen) atoms. The maximum absolute atomic E-state index is 14.0. The highest BCUT2D eigenvalue weighted by Crippen LogP contribution is 2.32. The van der Waals surface area contributed by atoms with Gasteiger partial charge in [0.2, 0.25) is 5.91 Å². The lowest BCUT2D eigenvalue weighted by molar-refractivity contribution is -0.117. The highest BCUT2D eigenvalue weighted by molar-refractivity contribution is 5.92. The first-order chi connectivity index (χ1) is 14.1. The van der Waals surface area contributed by atoms with Crippen LogP contribution in [-0.2, 0) is 11.3 Å². The summed E-state index contributed by atoms with van der Waals surface area (Å²) in [5.41, 5.74) is 2.15. The fraction of sp³-hybridized carbons (Fsp3) is 0.273. The average molecular weight is 395 g/mol. The normalized spacial score (nSPS) is 12.9. The third-order valence-electron chi connectivity index (χ3n) is 4.78. The first kappa shape index (κ1) is 19.1. The van der Waals surface area contributed by atoms with Crippen LogP contribution in [0.15, 0.2) is 48.7 Å². The second-order valence-corrected chi connectivity index (χ2v) is 6.85. The minimum absolute atomic E-state index is 0.155. The Kier molecular flexibility index (Phi) is 5.57. The molecule has 1 amide bonds. The van der Waals surface area contributed by atoms with Crippen molar-refractivity contribution in [2.24, 2.45) is 0 Å². The number of benzene rings is 2. The van der Waals surface area contributed by atoms with Gasteiger partial charge in [-0.25, -0.2) is 4.39 Å². The number of nitrogens with zero attached hydrogens (tertiary/aromatic N) is 2. The van der Waals surface area contributed by atoms with Crippen molar-refractivity contribution in [1.82, 2.24) is 9.88 Å². The van der Waals surface area contributed by atoms with Crippen molar-refractivity contribution in [3.05, 3.63) is 60.0 Å². The summed E-state index contributed by atoms with van der Waals surface area (Å²) < 4.78 is 25.0. The molecule has 0 unspecified atom stereocenters. The van der Waals surface area contributed by atoms with E-state index in [1.807, 2.05) is 17.9 Å². The van der Waals surface area contributed by atoms with Crippen LogP contribution in [-0.4, -0.2) is 42.1 Å². The fourth-order valence-electron chi connectivity index (χ4n) is 3.39. The number of nitrogens with one attached hydrogen (secondary N) is 1. The number of anilines is 1. The lowest BCUT2D eigenvalue weighted by Crippen LogP contribution is -2.33. The zero-order valence-electron chi connectivity index (χ0n) is 16.2. The van der Waals surface area contributed by atoms with Gasteiger partial charge in [0.15, 0.2) is 11.5 Å². The molecular weight excluding hydrogens is 373 g/mol. The molecule has 1 aliphatic rings. The Morgan fingerprint density at radius 2 is 2.00 bits per heavy atom. The fourth-order valence-corrected chi connectivity index (χ4v) is 3.39. The Hall–Kier alpha value is -3.19. The van der Waals surface area contributed by atoms with Gasteiger partial charge in [0.05, 0.1) is 12.1 Å². The largest absolute Gasteiger partial charge is 0.486 e. The SMILES string of the molecule is CCN(CC(=O)Nc1ccc2c(c1)OCCO2)Cc1cc(F)cc2cccnc12. The molecule has 3 aromatic rings. The van der Waals surface area contributed by atoms with Crippen molar-refractivity contribution in [1.29, 1.82) is 0 Å². The molecule has 1 aliphatic heterocycles. The molecule has 6 nitrogen and oxygen atoms in total. The van der Waals surface area contributed by atoms with E-state index in [-0.39, 0.29) is 18.3 Å². The highest BCUT2D eigenvalue weighted by atomic mass is 19.1. The van der Waals surface area contributed by atoms with E-state index in [4.69, 9.17) is 9.47 Å². The van der Waals surface area contributed by atoms with Crippen LogP contribution in [0.5, 0.6) is 11.5 Å². The summed E-state index contributed by atoms with van der Waals surface area (Å²) in [4.78, 5) is 18.9. The Morgan fingerprint density at radius 3 is 2.83 bits per heavy atom. The molecular formula is C22H22FN3O3. The smallest absolute Gasteiger partial charge is 0.238 e. The Labute approximate surface area is 168 Å². The molecule has 0 saturated carbocycles. The third-order valence-corrected chi connectivity index (χ3v) is 4.78. The van der Waals surface area contributed by atoms with Crippen LogP contribution >= 0.6 is 0 Å². The topological polar surface area (TPSA) is 63.7 Å². The van der Waals surface area contributed by atoms with E-state index in [0.29, 0.717) is 43.5 Å². The minimum atomic E-state index is -0.308. The Morgan fingerprint density at radius 1 is 1.17 bits per heavy atom. The van der Waals surface area contributed by atoms with Gasteiger partial charge in [-0.1, -0.05) is 13.0 Å². The van der Waals surface area contributed by atoms with Gasteiger partial charge in [0.1, 0.15) is 19.0 Å². The predicted octanol–water partition coefficient (Wildman–Crippen LogP) is 3.61. The standard InChI is InChI=1S/C22H22FN3O3/c1-2-26(13-16-11-17(23)10-15-4-3-7-24-22(15)16)14-21(27)25-18-5-6-19-20(12-18)29-9-8-28-19/h3-7,10-12H,2,8-9,13-14H2,1H3,(H,25,27). The number of carbonyl (C=O) groups is 1. The third kappa shape index (κ3) is 4.46. The van der Waals surface area contributed by atoms with Crippen LogP contribution in [0.1, 0.15) is 12.5 Å². The molecule has 0 bridgehead atoms. The molecule has 7 heteroatoms. The lowest BCUT2D eigenvalue weighted by Gasteiger charge is -2.21. The Balaban J connectivity index is 1.45. The summed E-state index contributed by atoms with van der Waals surface area (Å²) in [6, 6.07) is 11.9. The summed E-state index contributed by atoms with van der Waals surface area (Å²) in [5.74, 6) is 0.836. The highest BCUT2D eigenvalue weighted by Gasteiger charge is 2.15. The lowest BCUT2D eigenvalue weighted by atomic mass is 10.1. The van der Waals surface area contributed by atoms with E-state index < -0.39 is 0 Å². The number of aromatic nitrogens is 1. The molecule has 4 rings (SSSR count). The van der Waals surface area contributed by atoms with Gasteiger partial charge in [-0.2, -0.15) is 0 Å². The molecule has 0 radical (unpaired) electrons. The maximum atomic E-state index is 14.0. The predicted molar refractivity (Wildman–Crippen MR) is 109 cm³/mol. The van der Waals surface area contributed by atoms with E-state index in [1.54, 1.807) is 30.5 Å². The molecule has 1 N–H and O–H groups in total. The number of fused-ring (bicyclic) bond motifs is 2. The Bertz CT molecular complexity index is 1040. The second-order valence-electron chi connectivity index (χ2n) is 6.85. The van der Waals surface area contributed by atoms with Crippen LogP contribution in [0.25, 0.3) is 10.9 Å². The van der Waals surface area contributed by atoms with E-state index in [9.17, 15) is 9.18 Å². The molecule has 2 aromatic carbocycles. The number of hydrogen-bond donors (Lipinski definition) is 1. The van der Waals surface area contributed by atoms with Gasteiger partial charge >= 0.3 is 0 Å². The van der Waals surface area contributed by atoms with Gasteiger partial charge < -0.3 is 14.8 Å². The molecule has 2 heterocycles. The minimum Gasteiger partial charge on any atom is -0.486 e. The van der Waals surface area contributed by atoms with E-state index in [1.165, 1.54) is 12.1 Å². The number of carbonyl (C=O) groups excluding carboxylic acids is 1. The molecule has 0 saturated heterocycles. The van der Waals surface area contributed by atoms with Crippen LogP contribution in [0.2, 0.25) is 0 Å². The van der Waals surface area contributed by atoms with Crippen LogP contribution in [0.3, 0.4) is 0 Å². The van der Waals surface area contributed by atoms with Gasteiger partial charge in [-0.15, -0.1) is 0 Å². The molecule has 0 fully saturated rings. The zero-order valence-corrected chi connectivity index (χ0v) is 16.2. The van der Waals surface area contributed by atoms with Gasteiger partial charge in [-0.05, 0) is 42.4 Å². The number of amides is 1. The van der Waals surface area contributed by atoms with Gasteiger partial charge in [-0.3, -0.25) is 14.7 Å². The number of hydrogen-bond acceptors (Lipinski definition) is 5. The molecule has 1 aromatic heterocycles. The molecule has 0 spiro atoms. The number of pyridine rings is 1. The van der Waals surface area contributed by atoms with Gasteiger partial charge in [0, 0.05) is 29.9 Å². The first-order valence-corrected chi connectivity index (χ1v) is 9.57. The first-order valence-electron chi connectivity index (χ1n) is 9.57. The van der Waals surface area contributed by atoms with E-state index in [2.05, 4.69) is 10.3 Å². The van der Waals surface area contributed by atoms with Crippen LogP contribution in [0, 0.1) is 5.82 Å². The summed E-state index contributed by atoms with van der Waals surface area (Å²) in [6.45, 7) is 4.22. The summed E-state index contributed by atoms with van der Waals surface area (Å²) in [7, 11) is 0. The zero-order chi connectivity index (χ0) is 20.2. The van der Waals surface area contributed by atoms with Crippen molar-refractivity contribution in [2.45, 2.75) is 13.5 Å². The van der Waals surface area contributed by atoms with E-state index >= 15 is 0 Å². The van der Waals surface area contributed by atoms with Crippen molar-refractivity contribution >= 4 is 22.5 Å². The molecule has 150 valence electrons. The van der Waals surface area contributed by atoms with E-state index in [0.717, 1.165) is 16.5 Å². The van der Waals surface area contributed by atoms with Gasteiger partial charge in [0.25, 0.3) is 0 Å². The monoisotopic (exact) mass is 395 g/mol. The van der Waals surface area contributed by atoms with Crippen molar-refractivity contribution < 1.29 is 18.7 Å². The van der Waals surface area contributed by atoms with Crippen LogP contribution < -0.4 is 14.8 Å². The number of rotatable bonds is 6. The number of ether oxygens (including phenoxy) is 2. The number of likely N-dealkylation sites (N-methyl/N-ethyl adjacent to an activating group) is 1. The van der Waals surface area contributed by atoms with Crippen molar-refractivity contribution in [2.75, 3.05) is 31.6 Å². The number of halogens is 1. The average Bonchev–Trinajstić information content (AvgIpc) is 2.73. The van der Waals surface area contributed by atoms with Crippen molar-refractivity contribution in [3.63, 3.8) is 0 Å². The summed E-state index contributed by atoms with van der Waals surface area (Å²) >= 11 is 0. The maximum Gasteiger partial charge on any atom is 0.238 e. The summed E-state index contributed by atoms with van der Waals surface area (Å²) in [5, 5.41) is 3.63. The van der Waals surface area contributed by atoms with Crippen LogP contribution in [0.4, 0.5) is 10.1 Å². The quantitative estimate of drug-likeness (QED) is 0.691. The summed E-state index contributed by atoms with van der Waals surface area (Å²) in [6.07, 6.45) is 1.69. The molecule has 0 aliphatic carbocycles. The van der Waals surface area contributed by atoms with Crippen molar-refractivity contribution in [3.8, 4) is 11.5 Å².